The Morgan fingerprint density at radius 3 is 3.11 bits per heavy atom. The molecule has 0 aliphatic carbocycles. The summed E-state index contributed by atoms with van der Waals surface area (Å²) in [5.41, 5.74) is 0. The molecule has 1 aliphatic rings. The summed E-state index contributed by atoms with van der Waals surface area (Å²) in [7, 11) is 1.72. The number of terminal acetylenes is 1. The number of hydrogen-bond donors (Lipinski definition) is 2. The van der Waals surface area contributed by atoms with E-state index in [4.69, 9.17) is 15.9 Å². The normalized spacial score (nSPS) is 19.6. The second kappa shape index (κ2) is 9.75. The number of guanidine groups is 1. The van der Waals surface area contributed by atoms with Gasteiger partial charge in [0.05, 0.1) is 19.3 Å². The maximum absolute atomic E-state index is 5.56. The molecule has 1 saturated heterocycles. The molecule has 18 heavy (non-hydrogen) atoms. The maximum Gasteiger partial charge on any atom is 0.191 e. The van der Waals surface area contributed by atoms with Gasteiger partial charge in [0, 0.05) is 26.8 Å². The SMILES string of the molecule is C#CCNC(=NC)NCCCOCC1CCCO1. The van der Waals surface area contributed by atoms with Gasteiger partial charge in [-0.05, 0) is 19.3 Å². The zero-order valence-corrected chi connectivity index (χ0v) is 11.1. The Morgan fingerprint density at radius 1 is 1.56 bits per heavy atom. The van der Waals surface area contributed by atoms with Crippen LogP contribution < -0.4 is 10.6 Å². The fraction of sp³-hybridized carbons (Fsp3) is 0.769. The van der Waals surface area contributed by atoms with Crippen LogP contribution in [0.4, 0.5) is 0 Å². The van der Waals surface area contributed by atoms with Gasteiger partial charge in [-0.25, -0.2) is 0 Å². The summed E-state index contributed by atoms with van der Waals surface area (Å²) in [5.74, 6) is 3.23. The molecule has 0 aromatic rings. The molecule has 1 unspecified atom stereocenters. The molecule has 2 N–H and O–H groups in total. The van der Waals surface area contributed by atoms with E-state index in [1.807, 2.05) is 0 Å². The number of nitrogens with one attached hydrogen (secondary N) is 2. The van der Waals surface area contributed by atoms with Crippen molar-refractivity contribution in [2.45, 2.75) is 25.4 Å². The van der Waals surface area contributed by atoms with Crippen molar-refractivity contribution in [3.05, 3.63) is 0 Å². The molecule has 5 nitrogen and oxygen atoms in total. The molecule has 0 saturated carbocycles. The Kier molecular flexibility index (Phi) is 8.02. The van der Waals surface area contributed by atoms with Crippen molar-refractivity contribution in [2.75, 3.05) is 40.0 Å². The van der Waals surface area contributed by atoms with E-state index in [9.17, 15) is 0 Å². The van der Waals surface area contributed by atoms with E-state index < -0.39 is 0 Å². The van der Waals surface area contributed by atoms with Crippen LogP contribution in [0.1, 0.15) is 19.3 Å². The fourth-order valence-electron chi connectivity index (χ4n) is 1.73. The third kappa shape index (κ3) is 6.48. The molecule has 1 fully saturated rings. The number of aliphatic imine (C=N–C) groups is 1. The van der Waals surface area contributed by atoms with E-state index in [1.54, 1.807) is 7.05 Å². The first-order chi connectivity index (χ1) is 8.86. The summed E-state index contributed by atoms with van der Waals surface area (Å²) in [4.78, 5) is 4.04. The van der Waals surface area contributed by atoms with Gasteiger partial charge in [-0.2, -0.15) is 0 Å². The van der Waals surface area contributed by atoms with Crippen molar-refractivity contribution < 1.29 is 9.47 Å². The highest BCUT2D eigenvalue weighted by Gasteiger charge is 2.14. The van der Waals surface area contributed by atoms with E-state index in [2.05, 4.69) is 21.5 Å². The Hall–Kier alpha value is -1.25. The Bertz CT molecular complexity index is 280. The third-order valence-corrected chi connectivity index (χ3v) is 2.67. The van der Waals surface area contributed by atoms with Crippen molar-refractivity contribution in [3.63, 3.8) is 0 Å². The second-order valence-corrected chi connectivity index (χ2v) is 4.12. The largest absolute Gasteiger partial charge is 0.379 e. The molecule has 5 heteroatoms. The van der Waals surface area contributed by atoms with Crippen LogP contribution in [-0.2, 0) is 9.47 Å². The van der Waals surface area contributed by atoms with Gasteiger partial charge in [0.2, 0.25) is 0 Å². The van der Waals surface area contributed by atoms with E-state index in [0.29, 0.717) is 19.3 Å². The van der Waals surface area contributed by atoms with Gasteiger partial charge < -0.3 is 20.1 Å². The summed E-state index contributed by atoms with van der Waals surface area (Å²) in [6.07, 6.45) is 8.69. The van der Waals surface area contributed by atoms with Gasteiger partial charge in [0.25, 0.3) is 0 Å². The van der Waals surface area contributed by atoms with Gasteiger partial charge in [-0.3, -0.25) is 4.99 Å². The third-order valence-electron chi connectivity index (χ3n) is 2.67. The summed E-state index contributed by atoms with van der Waals surface area (Å²) >= 11 is 0. The fourth-order valence-corrected chi connectivity index (χ4v) is 1.73. The van der Waals surface area contributed by atoms with Crippen LogP contribution in [0, 0.1) is 12.3 Å². The van der Waals surface area contributed by atoms with Crippen LogP contribution in [0.5, 0.6) is 0 Å². The highest BCUT2D eigenvalue weighted by atomic mass is 16.5. The minimum Gasteiger partial charge on any atom is -0.379 e. The number of rotatable bonds is 7. The van der Waals surface area contributed by atoms with E-state index in [-0.39, 0.29) is 0 Å². The molecule has 1 heterocycles. The first-order valence-electron chi connectivity index (χ1n) is 6.44. The zero-order chi connectivity index (χ0) is 13.1. The average molecular weight is 253 g/mol. The van der Waals surface area contributed by atoms with Crippen molar-refractivity contribution in [1.29, 1.82) is 0 Å². The predicted octanol–water partition coefficient (Wildman–Crippen LogP) is 0.370. The molecule has 0 radical (unpaired) electrons. The molecule has 0 aromatic heterocycles. The molecule has 1 atom stereocenters. The summed E-state index contributed by atoms with van der Waals surface area (Å²) < 4.78 is 11.0. The molecule has 102 valence electrons. The second-order valence-electron chi connectivity index (χ2n) is 4.12. The molecule has 1 rings (SSSR count). The number of ether oxygens (including phenoxy) is 2. The highest BCUT2D eigenvalue weighted by molar-refractivity contribution is 5.79. The van der Waals surface area contributed by atoms with E-state index in [0.717, 1.165) is 45.0 Å². The van der Waals surface area contributed by atoms with Crippen LogP contribution in [0.15, 0.2) is 4.99 Å². The zero-order valence-electron chi connectivity index (χ0n) is 11.1. The van der Waals surface area contributed by atoms with E-state index >= 15 is 0 Å². The van der Waals surface area contributed by atoms with Crippen molar-refractivity contribution in [2.24, 2.45) is 4.99 Å². The Labute approximate surface area is 109 Å². The number of nitrogens with zero attached hydrogens (tertiary/aromatic N) is 1. The minimum absolute atomic E-state index is 0.308. The van der Waals surface area contributed by atoms with Crippen LogP contribution in [0.3, 0.4) is 0 Å². The quantitative estimate of drug-likeness (QED) is 0.298. The Morgan fingerprint density at radius 2 is 2.44 bits per heavy atom. The van der Waals surface area contributed by atoms with Crippen LogP contribution in [-0.4, -0.2) is 52.0 Å². The van der Waals surface area contributed by atoms with Gasteiger partial charge in [0.1, 0.15) is 0 Å². The first kappa shape index (κ1) is 14.8. The molecular weight excluding hydrogens is 230 g/mol. The van der Waals surface area contributed by atoms with E-state index in [1.165, 1.54) is 0 Å². The lowest BCUT2D eigenvalue weighted by Gasteiger charge is -2.11. The van der Waals surface area contributed by atoms with Crippen LogP contribution in [0.25, 0.3) is 0 Å². The maximum atomic E-state index is 5.56. The van der Waals surface area contributed by atoms with Gasteiger partial charge >= 0.3 is 0 Å². The smallest absolute Gasteiger partial charge is 0.191 e. The Balaban J connectivity index is 1.92. The monoisotopic (exact) mass is 253 g/mol. The van der Waals surface area contributed by atoms with Gasteiger partial charge in [0.15, 0.2) is 5.96 Å². The lowest BCUT2D eigenvalue weighted by atomic mass is 10.2. The lowest BCUT2D eigenvalue weighted by molar-refractivity contribution is 0.0168. The topological polar surface area (TPSA) is 54.9 Å². The molecular formula is C13H23N3O2. The molecule has 0 aromatic carbocycles. The minimum atomic E-state index is 0.308. The summed E-state index contributed by atoms with van der Waals surface area (Å²) in [6.45, 7) is 3.63. The standard InChI is InChI=1S/C13H23N3O2/c1-3-7-15-13(14-2)16-8-5-9-17-11-12-6-4-10-18-12/h1,12H,4-11H2,2H3,(H2,14,15,16). The number of hydrogen-bond acceptors (Lipinski definition) is 3. The lowest BCUT2D eigenvalue weighted by Crippen LogP contribution is -2.38. The van der Waals surface area contributed by atoms with Gasteiger partial charge in [-0.15, -0.1) is 6.42 Å². The molecule has 1 aliphatic heterocycles. The first-order valence-corrected chi connectivity index (χ1v) is 6.44. The molecule has 0 spiro atoms. The van der Waals surface area contributed by atoms with Crippen molar-refractivity contribution >= 4 is 5.96 Å². The molecule has 0 amide bonds. The van der Waals surface area contributed by atoms with Gasteiger partial charge in [-0.1, -0.05) is 5.92 Å². The van der Waals surface area contributed by atoms with Crippen LogP contribution in [0.2, 0.25) is 0 Å². The predicted molar refractivity (Wildman–Crippen MR) is 72.6 cm³/mol. The summed E-state index contributed by atoms with van der Waals surface area (Å²) in [5, 5.41) is 6.16. The van der Waals surface area contributed by atoms with Crippen molar-refractivity contribution in [3.8, 4) is 12.3 Å². The molecule has 0 bridgehead atoms. The van der Waals surface area contributed by atoms with Crippen molar-refractivity contribution in [1.82, 2.24) is 10.6 Å². The summed E-state index contributed by atoms with van der Waals surface area (Å²) in [6, 6.07) is 0. The highest BCUT2D eigenvalue weighted by Crippen LogP contribution is 2.11. The van der Waals surface area contributed by atoms with Crippen LogP contribution >= 0.6 is 0 Å². The average Bonchev–Trinajstić information content (AvgIpc) is 2.90.